The van der Waals surface area contributed by atoms with Gasteiger partial charge in [-0.1, -0.05) is 0 Å². The van der Waals surface area contributed by atoms with Crippen LogP contribution in [0.1, 0.15) is 52.0 Å². The molecule has 0 saturated carbocycles. The van der Waals surface area contributed by atoms with Gasteiger partial charge in [0.25, 0.3) is 0 Å². The fraction of sp³-hybridized carbons (Fsp3) is 0.733. The topological polar surface area (TPSA) is 59.0 Å². The van der Waals surface area contributed by atoms with Gasteiger partial charge in [-0.2, -0.15) is 5.10 Å². The highest BCUT2D eigenvalue weighted by atomic mass is 35.5. The summed E-state index contributed by atoms with van der Waals surface area (Å²) in [5.74, 6) is 1.46. The number of carbonyl (C=O) groups is 1. The molecular weight excluding hydrogens is 288 g/mol. The largest absolute Gasteiger partial charge is 0.311 e. The van der Waals surface area contributed by atoms with Crippen LogP contribution in [0.2, 0.25) is 0 Å². The molecule has 2 aliphatic rings. The van der Waals surface area contributed by atoms with Gasteiger partial charge in [-0.15, -0.1) is 12.4 Å². The minimum Gasteiger partial charge on any atom is -0.311 e. The van der Waals surface area contributed by atoms with Crippen LogP contribution in [0.25, 0.3) is 0 Å². The second-order valence-corrected chi connectivity index (χ2v) is 6.48. The lowest BCUT2D eigenvalue weighted by molar-refractivity contribution is -0.117. The predicted molar refractivity (Wildman–Crippen MR) is 85.8 cm³/mol. The van der Waals surface area contributed by atoms with E-state index in [2.05, 4.69) is 29.6 Å². The number of amides is 1. The molecule has 0 spiro atoms. The van der Waals surface area contributed by atoms with Crippen LogP contribution in [0.15, 0.2) is 12.3 Å². The minimum atomic E-state index is 0. The summed E-state index contributed by atoms with van der Waals surface area (Å²) < 4.78 is 1.85. The predicted octanol–water partition coefficient (Wildman–Crippen LogP) is 2.75. The van der Waals surface area contributed by atoms with Crippen molar-refractivity contribution in [2.45, 2.75) is 64.1 Å². The molecule has 21 heavy (non-hydrogen) atoms. The zero-order valence-corrected chi connectivity index (χ0v) is 13.5. The molecule has 0 aliphatic carbocycles. The molecule has 2 atom stereocenters. The number of aromatic nitrogens is 2. The van der Waals surface area contributed by atoms with Crippen molar-refractivity contribution in [3.63, 3.8) is 0 Å². The summed E-state index contributed by atoms with van der Waals surface area (Å²) in [6.45, 7) is 4.13. The molecule has 0 radical (unpaired) electrons. The SMILES string of the molecule is CC(C)n1nccc1NC(=O)CC1CC2CCC(C1)N2.Cl. The Balaban J connectivity index is 0.00000161. The maximum absolute atomic E-state index is 12.2. The van der Waals surface area contributed by atoms with Crippen molar-refractivity contribution in [1.29, 1.82) is 0 Å². The Bertz CT molecular complexity index is 476. The van der Waals surface area contributed by atoms with Gasteiger partial charge in [-0.3, -0.25) is 4.79 Å². The first-order valence-electron chi connectivity index (χ1n) is 7.71. The molecule has 5 nitrogen and oxygen atoms in total. The van der Waals surface area contributed by atoms with Crippen molar-refractivity contribution in [2.75, 3.05) is 5.32 Å². The lowest BCUT2D eigenvalue weighted by atomic mass is 9.89. The first-order chi connectivity index (χ1) is 9.61. The number of nitrogens with one attached hydrogen (secondary N) is 2. The molecule has 2 saturated heterocycles. The van der Waals surface area contributed by atoms with Crippen molar-refractivity contribution >= 4 is 24.1 Å². The van der Waals surface area contributed by atoms with E-state index in [1.165, 1.54) is 12.8 Å². The van der Waals surface area contributed by atoms with Crippen LogP contribution in [-0.2, 0) is 4.79 Å². The van der Waals surface area contributed by atoms with Crippen LogP contribution in [0.4, 0.5) is 5.82 Å². The van der Waals surface area contributed by atoms with Gasteiger partial charge in [0.1, 0.15) is 5.82 Å². The molecule has 2 N–H and O–H groups in total. The minimum absolute atomic E-state index is 0. The van der Waals surface area contributed by atoms with Crippen LogP contribution in [0.3, 0.4) is 0 Å². The Labute approximate surface area is 132 Å². The number of fused-ring (bicyclic) bond motifs is 2. The van der Waals surface area contributed by atoms with E-state index >= 15 is 0 Å². The van der Waals surface area contributed by atoms with Crippen molar-refractivity contribution in [1.82, 2.24) is 15.1 Å². The van der Waals surface area contributed by atoms with Crippen molar-refractivity contribution < 1.29 is 4.79 Å². The van der Waals surface area contributed by atoms with Crippen LogP contribution in [-0.4, -0.2) is 27.8 Å². The van der Waals surface area contributed by atoms with Gasteiger partial charge in [-0.25, -0.2) is 4.68 Å². The van der Waals surface area contributed by atoms with Gasteiger partial charge in [0.05, 0.1) is 6.20 Å². The van der Waals surface area contributed by atoms with E-state index in [1.54, 1.807) is 6.20 Å². The van der Waals surface area contributed by atoms with Gasteiger partial charge in [-0.05, 0) is 45.4 Å². The number of anilines is 1. The van der Waals surface area contributed by atoms with Crippen molar-refractivity contribution in [2.24, 2.45) is 5.92 Å². The van der Waals surface area contributed by atoms with Gasteiger partial charge < -0.3 is 10.6 Å². The molecule has 1 amide bonds. The molecular formula is C15H25ClN4O. The van der Waals surface area contributed by atoms with Gasteiger partial charge in [0.15, 0.2) is 0 Å². The first kappa shape index (κ1) is 16.3. The van der Waals surface area contributed by atoms with E-state index in [0.29, 0.717) is 24.4 Å². The fourth-order valence-electron chi connectivity index (χ4n) is 3.62. The summed E-state index contributed by atoms with van der Waals surface area (Å²) >= 11 is 0. The number of hydrogen-bond donors (Lipinski definition) is 2. The molecule has 1 aromatic rings. The van der Waals surface area contributed by atoms with Gasteiger partial charge >= 0.3 is 0 Å². The maximum atomic E-state index is 12.2. The van der Waals surface area contributed by atoms with Crippen LogP contribution in [0.5, 0.6) is 0 Å². The monoisotopic (exact) mass is 312 g/mol. The standard InChI is InChI=1S/C15H24N4O.ClH/c1-10(2)19-14(5-6-16-19)18-15(20)9-11-7-12-3-4-13(8-11)17-12;/h5-6,10-13,17H,3-4,7-9H2,1-2H3,(H,18,20);1H. The summed E-state index contributed by atoms with van der Waals surface area (Å²) in [7, 11) is 0. The third-order valence-electron chi connectivity index (χ3n) is 4.47. The summed E-state index contributed by atoms with van der Waals surface area (Å²) in [6, 6.07) is 3.42. The van der Waals surface area contributed by atoms with Crippen LogP contribution in [0, 0.1) is 5.92 Å². The van der Waals surface area contributed by atoms with E-state index in [0.717, 1.165) is 18.7 Å². The summed E-state index contributed by atoms with van der Waals surface area (Å²) in [5, 5.41) is 10.9. The lowest BCUT2D eigenvalue weighted by Gasteiger charge is -2.28. The van der Waals surface area contributed by atoms with Gasteiger partial charge in [0, 0.05) is 30.6 Å². The Hall–Kier alpha value is -1.07. The zero-order valence-electron chi connectivity index (χ0n) is 12.7. The van der Waals surface area contributed by atoms with E-state index in [9.17, 15) is 4.79 Å². The number of halogens is 1. The molecule has 0 aromatic carbocycles. The normalized spacial score (nSPS) is 27.5. The molecule has 2 bridgehead atoms. The molecule has 2 unspecified atom stereocenters. The molecule has 3 heterocycles. The highest BCUT2D eigenvalue weighted by Crippen LogP contribution is 2.32. The quantitative estimate of drug-likeness (QED) is 0.898. The first-order valence-corrected chi connectivity index (χ1v) is 7.71. The Kier molecular flexibility index (Phi) is 5.27. The third kappa shape index (κ3) is 3.77. The Morgan fingerprint density at radius 1 is 1.43 bits per heavy atom. The van der Waals surface area contributed by atoms with Gasteiger partial charge in [0.2, 0.25) is 5.91 Å². The highest BCUT2D eigenvalue weighted by molar-refractivity contribution is 5.90. The average Bonchev–Trinajstić information content (AvgIpc) is 2.96. The van der Waals surface area contributed by atoms with Crippen molar-refractivity contribution in [3.8, 4) is 0 Å². The summed E-state index contributed by atoms with van der Waals surface area (Å²) in [5.41, 5.74) is 0. The van der Waals surface area contributed by atoms with Crippen molar-refractivity contribution in [3.05, 3.63) is 12.3 Å². The second kappa shape index (κ2) is 6.79. The number of rotatable bonds is 4. The number of piperidine rings is 1. The fourth-order valence-corrected chi connectivity index (χ4v) is 3.62. The number of nitrogens with zero attached hydrogens (tertiary/aromatic N) is 2. The average molecular weight is 313 g/mol. The maximum Gasteiger partial charge on any atom is 0.225 e. The smallest absolute Gasteiger partial charge is 0.225 e. The van der Waals surface area contributed by atoms with E-state index < -0.39 is 0 Å². The van der Waals surface area contributed by atoms with Crippen LogP contribution < -0.4 is 10.6 Å². The Morgan fingerprint density at radius 3 is 2.71 bits per heavy atom. The molecule has 118 valence electrons. The zero-order chi connectivity index (χ0) is 14.1. The summed E-state index contributed by atoms with van der Waals surface area (Å²) in [4.78, 5) is 12.2. The van der Waals surface area contributed by atoms with E-state index in [4.69, 9.17) is 0 Å². The lowest BCUT2D eigenvalue weighted by Crippen LogP contribution is -2.39. The highest BCUT2D eigenvalue weighted by Gasteiger charge is 2.34. The molecule has 1 aromatic heterocycles. The molecule has 2 aliphatic heterocycles. The summed E-state index contributed by atoms with van der Waals surface area (Å²) in [6.07, 6.45) is 7.23. The second-order valence-electron chi connectivity index (χ2n) is 6.48. The number of hydrogen-bond acceptors (Lipinski definition) is 3. The third-order valence-corrected chi connectivity index (χ3v) is 4.47. The number of carbonyl (C=O) groups excluding carboxylic acids is 1. The van der Waals surface area contributed by atoms with Crippen LogP contribution >= 0.6 is 12.4 Å². The van der Waals surface area contributed by atoms with E-state index in [-0.39, 0.29) is 24.4 Å². The Morgan fingerprint density at radius 2 is 2.10 bits per heavy atom. The molecule has 2 fully saturated rings. The van der Waals surface area contributed by atoms with E-state index in [1.807, 2.05) is 10.7 Å². The molecule has 6 heteroatoms. The molecule has 3 rings (SSSR count).